The van der Waals surface area contributed by atoms with E-state index in [-0.39, 0.29) is 0 Å². The van der Waals surface area contributed by atoms with E-state index < -0.39 is 6.10 Å². The van der Waals surface area contributed by atoms with Crippen molar-refractivity contribution in [2.24, 2.45) is 0 Å². The summed E-state index contributed by atoms with van der Waals surface area (Å²) in [6.45, 7) is 5.72. The van der Waals surface area contributed by atoms with Crippen molar-refractivity contribution in [1.29, 1.82) is 0 Å². The molecule has 0 saturated heterocycles. The fourth-order valence-corrected chi connectivity index (χ4v) is 2.31. The Kier molecular flexibility index (Phi) is 4.58. The zero-order valence-corrected chi connectivity index (χ0v) is 11.6. The van der Waals surface area contributed by atoms with E-state index in [0.29, 0.717) is 6.54 Å². The molecule has 0 radical (unpaired) electrons. The number of aliphatic hydroxyl groups is 1. The van der Waals surface area contributed by atoms with Crippen LogP contribution in [0, 0.1) is 6.92 Å². The summed E-state index contributed by atoms with van der Waals surface area (Å²) in [4.78, 5) is 2.22. The second-order valence-corrected chi connectivity index (χ2v) is 4.75. The van der Waals surface area contributed by atoms with Crippen molar-refractivity contribution < 1.29 is 5.11 Å². The van der Waals surface area contributed by atoms with Gasteiger partial charge in [-0.15, -0.1) is 0 Å². The molecule has 2 aromatic rings. The van der Waals surface area contributed by atoms with Gasteiger partial charge in [0, 0.05) is 18.8 Å². The Morgan fingerprint density at radius 1 is 1.00 bits per heavy atom. The first-order valence-electron chi connectivity index (χ1n) is 6.76. The molecule has 0 amide bonds. The highest BCUT2D eigenvalue weighted by atomic mass is 16.3. The topological polar surface area (TPSA) is 23.5 Å². The Labute approximate surface area is 115 Å². The van der Waals surface area contributed by atoms with Crippen molar-refractivity contribution in [3.05, 3.63) is 65.7 Å². The first-order valence-corrected chi connectivity index (χ1v) is 6.76. The van der Waals surface area contributed by atoms with Gasteiger partial charge >= 0.3 is 0 Å². The molecule has 0 aromatic heterocycles. The van der Waals surface area contributed by atoms with Crippen molar-refractivity contribution in [3.63, 3.8) is 0 Å². The number of rotatable bonds is 5. The van der Waals surface area contributed by atoms with Gasteiger partial charge < -0.3 is 10.0 Å². The fraction of sp³-hybridized carbons (Fsp3) is 0.294. The number of hydrogen-bond acceptors (Lipinski definition) is 2. The molecule has 2 heteroatoms. The van der Waals surface area contributed by atoms with Crippen LogP contribution in [0.2, 0.25) is 0 Å². The summed E-state index contributed by atoms with van der Waals surface area (Å²) in [6, 6.07) is 18.1. The second kappa shape index (κ2) is 6.39. The highest BCUT2D eigenvalue weighted by molar-refractivity contribution is 5.53. The molecule has 2 nitrogen and oxygen atoms in total. The Morgan fingerprint density at radius 3 is 2.26 bits per heavy atom. The lowest BCUT2D eigenvalue weighted by atomic mass is 10.1. The highest BCUT2D eigenvalue weighted by Gasteiger charge is 2.13. The van der Waals surface area contributed by atoms with Crippen LogP contribution >= 0.6 is 0 Å². The van der Waals surface area contributed by atoms with E-state index in [4.69, 9.17) is 0 Å². The van der Waals surface area contributed by atoms with Gasteiger partial charge in [-0.25, -0.2) is 0 Å². The normalized spacial score (nSPS) is 12.2. The van der Waals surface area contributed by atoms with E-state index in [1.54, 1.807) is 0 Å². The molecule has 0 bridgehead atoms. The average molecular weight is 255 g/mol. The van der Waals surface area contributed by atoms with Crippen LogP contribution in [0.15, 0.2) is 54.6 Å². The number of likely N-dealkylation sites (N-methyl/N-ethyl adjacent to an activating group) is 1. The largest absolute Gasteiger partial charge is 0.387 e. The van der Waals surface area contributed by atoms with E-state index in [1.807, 2.05) is 42.5 Å². The number of anilines is 1. The maximum absolute atomic E-state index is 10.3. The Balaban J connectivity index is 2.14. The number of benzene rings is 2. The number of aliphatic hydroxyl groups excluding tert-OH is 1. The number of nitrogens with zero attached hydrogens (tertiary/aromatic N) is 1. The van der Waals surface area contributed by atoms with Gasteiger partial charge in [0.05, 0.1) is 6.10 Å². The third-order valence-electron chi connectivity index (χ3n) is 3.42. The molecule has 1 N–H and O–H groups in total. The Bertz CT molecular complexity index is 510. The van der Waals surface area contributed by atoms with Crippen LogP contribution in [0.25, 0.3) is 0 Å². The van der Waals surface area contributed by atoms with Crippen LogP contribution in [0.4, 0.5) is 5.69 Å². The summed E-state index contributed by atoms with van der Waals surface area (Å²) < 4.78 is 0. The molecule has 0 aliphatic heterocycles. The maximum atomic E-state index is 10.3. The quantitative estimate of drug-likeness (QED) is 0.883. The molecule has 0 heterocycles. The van der Waals surface area contributed by atoms with Gasteiger partial charge in [-0.1, -0.05) is 48.5 Å². The Hall–Kier alpha value is -1.80. The van der Waals surface area contributed by atoms with Crippen LogP contribution in [0.3, 0.4) is 0 Å². The summed E-state index contributed by atoms with van der Waals surface area (Å²) >= 11 is 0. The number of para-hydroxylation sites is 1. The maximum Gasteiger partial charge on any atom is 0.0964 e. The van der Waals surface area contributed by atoms with Crippen molar-refractivity contribution in [2.75, 3.05) is 18.0 Å². The van der Waals surface area contributed by atoms with Crippen molar-refractivity contribution >= 4 is 5.69 Å². The molecule has 0 fully saturated rings. The van der Waals surface area contributed by atoms with Crippen LogP contribution in [-0.2, 0) is 0 Å². The van der Waals surface area contributed by atoms with Gasteiger partial charge in [-0.05, 0) is 31.0 Å². The highest BCUT2D eigenvalue weighted by Crippen LogP contribution is 2.22. The third-order valence-corrected chi connectivity index (χ3v) is 3.42. The van der Waals surface area contributed by atoms with Gasteiger partial charge in [0.2, 0.25) is 0 Å². The SMILES string of the molecule is CCN(CC(O)c1ccccc1)c1ccccc1C. The molecule has 19 heavy (non-hydrogen) atoms. The number of aryl methyl sites for hydroxylation is 1. The zero-order chi connectivity index (χ0) is 13.7. The summed E-state index contributed by atoms with van der Waals surface area (Å²) in [5.74, 6) is 0. The molecule has 2 aromatic carbocycles. The summed E-state index contributed by atoms with van der Waals surface area (Å²) in [7, 11) is 0. The van der Waals surface area contributed by atoms with E-state index in [2.05, 4.69) is 30.9 Å². The van der Waals surface area contributed by atoms with E-state index in [9.17, 15) is 5.11 Å². The van der Waals surface area contributed by atoms with Gasteiger partial charge in [-0.2, -0.15) is 0 Å². The number of hydrogen-bond donors (Lipinski definition) is 1. The molecule has 0 saturated carbocycles. The van der Waals surface area contributed by atoms with Gasteiger partial charge in [0.25, 0.3) is 0 Å². The molecule has 1 atom stereocenters. The predicted molar refractivity (Wildman–Crippen MR) is 80.5 cm³/mol. The van der Waals surface area contributed by atoms with Crippen LogP contribution in [-0.4, -0.2) is 18.2 Å². The molecular formula is C17H21NO. The Morgan fingerprint density at radius 2 is 1.63 bits per heavy atom. The average Bonchev–Trinajstić information content (AvgIpc) is 2.46. The van der Waals surface area contributed by atoms with Crippen LogP contribution in [0.1, 0.15) is 24.2 Å². The second-order valence-electron chi connectivity index (χ2n) is 4.75. The smallest absolute Gasteiger partial charge is 0.0964 e. The first kappa shape index (κ1) is 13.6. The molecule has 0 spiro atoms. The molecular weight excluding hydrogens is 234 g/mol. The fourth-order valence-electron chi connectivity index (χ4n) is 2.31. The van der Waals surface area contributed by atoms with Crippen molar-refractivity contribution in [2.45, 2.75) is 20.0 Å². The standard InChI is InChI=1S/C17H21NO/c1-3-18(16-12-8-7-9-14(16)2)13-17(19)15-10-5-4-6-11-15/h4-12,17,19H,3,13H2,1-2H3. The lowest BCUT2D eigenvalue weighted by Gasteiger charge is -2.27. The van der Waals surface area contributed by atoms with E-state index in [0.717, 1.165) is 12.1 Å². The minimum Gasteiger partial charge on any atom is -0.387 e. The molecule has 1 unspecified atom stereocenters. The third kappa shape index (κ3) is 3.36. The van der Waals surface area contributed by atoms with E-state index in [1.165, 1.54) is 11.3 Å². The van der Waals surface area contributed by atoms with Crippen molar-refractivity contribution in [1.82, 2.24) is 0 Å². The monoisotopic (exact) mass is 255 g/mol. The van der Waals surface area contributed by atoms with Gasteiger partial charge in [0.1, 0.15) is 0 Å². The molecule has 2 rings (SSSR count). The van der Waals surface area contributed by atoms with Gasteiger partial charge in [0.15, 0.2) is 0 Å². The van der Waals surface area contributed by atoms with Crippen LogP contribution in [0.5, 0.6) is 0 Å². The minimum atomic E-state index is -0.458. The van der Waals surface area contributed by atoms with Crippen molar-refractivity contribution in [3.8, 4) is 0 Å². The predicted octanol–water partition coefficient (Wildman–Crippen LogP) is 3.55. The first-order chi connectivity index (χ1) is 9.22. The van der Waals surface area contributed by atoms with E-state index >= 15 is 0 Å². The molecule has 0 aliphatic rings. The van der Waals surface area contributed by atoms with Gasteiger partial charge in [-0.3, -0.25) is 0 Å². The molecule has 100 valence electrons. The summed E-state index contributed by atoms with van der Waals surface area (Å²) in [6.07, 6.45) is -0.458. The lowest BCUT2D eigenvalue weighted by molar-refractivity contribution is 0.183. The summed E-state index contributed by atoms with van der Waals surface area (Å²) in [5, 5.41) is 10.3. The molecule has 0 aliphatic carbocycles. The minimum absolute atomic E-state index is 0.458. The lowest BCUT2D eigenvalue weighted by Crippen LogP contribution is -2.28. The van der Waals surface area contributed by atoms with Crippen LogP contribution < -0.4 is 4.90 Å². The zero-order valence-electron chi connectivity index (χ0n) is 11.6. The summed E-state index contributed by atoms with van der Waals surface area (Å²) in [5.41, 5.74) is 3.40.